The molecule has 2 N–H and O–H groups in total. The molecule has 0 aliphatic rings. The van der Waals surface area contributed by atoms with Crippen LogP contribution in [0.2, 0.25) is 0 Å². The standard InChI is InChI=1S/C11H15IN4O/c1-4-17-5-7-15-9-10(16(7)3)8(12)6(2)14-11(9)13/h4-5H2,1-3H3,(H2,13,14). The second-order valence-electron chi connectivity index (χ2n) is 3.82. The highest BCUT2D eigenvalue weighted by atomic mass is 127. The highest BCUT2D eigenvalue weighted by molar-refractivity contribution is 14.1. The maximum Gasteiger partial charge on any atom is 0.151 e. The van der Waals surface area contributed by atoms with Gasteiger partial charge in [0, 0.05) is 13.7 Å². The number of imidazole rings is 1. The minimum absolute atomic E-state index is 0.483. The van der Waals surface area contributed by atoms with Gasteiger partial charge in [-0.3, -0.25) is 0 Å². The van der Waals surface area contributed by atoms with Crippen LogP contribution in [0.15, 0.2) is 0 Å². The Bertz CT molecular complexity index is 564. The van der Waals surface area contributed by atoms with Crippen LogP contribution in [0.25, 0.3) is 11.0 Å². The molecule has 0 spiro atoms. The van der Waals surface area contributed by atoms with Crippen LogP contribution in [-0.4, -0.2) is 21.1 Å². The maximum atomic E-state index is 5.91. The van der Waals surface area contributed by atoms with Gasteiger partial charge >= 0.3 is 0 Å². The lowest BCUT2D eigenvalue weighted by Crippen LogP contribution is -2.02. The Balaban J connectivity index is 2.65. The van der Waals surface area contributed by atoms with Crippen molar-refractivity contribution in [3.63, 3.8) is 0 Å². The SMILES string of the molecule is CCOCc1nc2c(N)nc(C)c(I)c2n1C. The van der Waals surface area contributed by atoms with Gasteiger partial charge in [0.2, 0.25) is 0 Å². The molecule has 0 atom stereocenters. The molecule has 92 valence electrons. The molecular weight excluding hydrogens is 331 g/mol. The Labute approximate surface area is 114 Å². The van der Waals surface area contributed by atoms with E-state index in [0.29, 0.717) is 19.0 Å². The van der Waals surface area contributed by atoms with Crippen molar-refractivity contribution in [1.29, 1.82) is 0 Å². The number of rotatable bonds is 3. The topological polar surface area (TPSA) is 66.0 Å². The fourth-order valence-corrected chi connectivity index (χ4v) is 2.49. The van der Waals surface area contributed by atoms with Crippen LogP contribution in [-0.2, 0) is 18.4 Å². The van der Waals surface area contributed by atoms with Gasteiger partial charge in [0.05, 0.1) is 14.8 Å². The number of nitrogen functional groups attached to an aromatic ring is 1. The Morgan fingerprint density at radius 2 is 2.12 bits per heavy atom. The first kappa shape index (κ1) is 12.6. The monoisotopic (exact) mass is 346 g/mol. The molecule has 0 bridgehead atoms. The van der Waals surface area contributed by atoms with Crippen molar-refractivity contribution in [3.8, 4) is 0 Å². The molecule has 0 fully saturated rings. The molecular formula is C11H15IN4O. The van der Waals surface area contributed by atoms with Crippen molar-refractivity contribution in [2.75, 3.05) is 12.3 Å². The van der Waals surface area contributed by atoms with E-state index in [4.69, 9.17) is 10.5 Å². The van der Waals surface area contributed by atoms with E-state index < -0.39 is 0 Å². The van der Waals surface area contributed by atoms with Gasteiger partial charge < -0.3 is 15.0 Å². The van der Waals surface area contributed by atoms with Crippen molar-refractivity contribution < 1.29 is 4.74 Å². The van der Waals surface area contributed by atoms with Gasteiger partial charge in [-0.1, -0.05) is 0 Å². The molecule has 2 heterocycles. The Kier molecular flexibility index (Phi) is 3.53. The zero-order valence-electron chi connectivity index (χ0n) is 10.1. The average Bonchev–Trinajstić information content (AvgIpc) is 2.62. The maximum absolute atomic E-state index is 5.91. The Hall–Kier alpha value is -0.890. The minimum atomic E-state index is 0.483. The van der Waals surface area contributed by atoms with Crippen LogP contribution in [0, 0.1) is 10.5 Å². The summed E-state index contributed by atoms with van der Waals surface area (Å²) in [4.78, 5) is 8.79. The third kappa shape index (κ3) is 2.11. The number of ether oxygens (including phenoxy) is 1. The summed E-state index contributed by atoms with van der Waals surface area (Å²) >= 11 is 2.28. The fourth-order valence-electron chi connectivity index (χ4n) is 1.75. The molecule has 0 amide bonds. The lowest BCUT2D eigenvalue weighted by molar-refractivity contribution is 0.126. The molecule has 2 aromatic heterocycles. The molecule has 5 nitrogen and oxygen atoms in total. The second kappa shape index (κ2) is 4.77. The quantitative estimate of drug-likeness (QED) is 0.864. The van der Waals surface area contributed by atoms with Crippen molar-refractivity contribution in [3.05, 3.63) is 15.1 Å². The van der Waals surface area contributed by atoms with Crippen LogP contribution in [0.3, 0.4) is 0 Å². The molecule has 2 rings (SSSR count). The van der Waals surface area contributed by atoms with Gasteiger partial charge in [0.15, 0.2) is 5.82 Å². The van der Waals surface area contributed by atoms with Crippen LogP contribution in [0.4, 0.5) is 5.82 Å². The minimum Gasteiger partial charge on any atom is -0.382 e. The summed E-state index contributed by atoms with van der Waals surface area (Å²) in [5, 5.41) is 0. The number of anilines is 1. The van der Waals surface area contributed by atoms with E-state index in [0.717, 1.165) is 26.1 Å². The Morgan fingerprint density at radius 1 is 1.41 bits per heavy atom. The highest BCUT2D eigenvalue weighted by Gasteiger charge is 2.15. The number of nitrogens with two attached hydrogens (primary N) is 1. The van der Waals surface area contributed by atoms with E-state index in [-0.39, 0.29) is 0 Å². The molecule has 0 aromatic carbocycles. The molecule has 6 heteroatoms. The van der Waals surface area contributed by atoms with E-state index in [1.165, 1.54) is 0 Å². The normalized spacial score (nSPS) is 11.3. The van der Waals surface area contributed by atoms with Gasteiger partial charge in [-0.05, 0) is 36.4 Å². The first-order valence-corrected chi connectivity index (χ1v) is 6.48. The molecule has 0 saturated heterocycles. The van der Waals surface area contributed by atoms with E-state index >= 15 is 0 Å². The number of nitrogens with zero attached hydrogens (tertiary/aromatic N) is 3. The number of halogens is 1. The number of aromatic nitrogens is 3. The predicted molar refractivity (Wildman–Crippen MR) is 75.7 cm³/mol. The summed E-state index contributed by atoms with van der Waals surface area (Å²) in [5.74, 6) is 1.36. The van der Waals surface area contributed by atoms with E-state index in [2.05, 4.69) is 32.6 Å². The van der Waals surface area contributed by atoms with Gasteiger partial charge in [-0.2, -0.15) is 0 Å². The number of aryl methyl sites for hydroxylation is 2. The summed E-state index contributed by atoms with van der Waals surface area (Å²) in [6.45, 7) is 5.09. The fraction of sp³-hybridized carbons (Fsp3) is 0.455. The smallest absolute Gasteiger partial charge is 0.151 e. The average molecular weight is 346 g/mol. The van der Waals surface area contributed by atoms with E-state index in [9.17, 15) is 0 Å². The zero-order valence-corrected chi connectivity index (χ0v) is 12.3. The Morgan fingerprint density at radius 3 is 2.76 bits per heavy atom. The second-order valence-corrected chi connectivity index (χ2v) is 4.90. The van der Waals surface area contributed by atoms with Crippen LogP contribution < -0.4 is 5.73 Å². The van der Waals surface area contributed by atoms with Crippen molar-refractivity contribution in [2.24, 2.45) is 7.05 Å². The molecule has 0 radical (unpaired) electrons. The number of hydrogen-bond acceptors (Lipinski definition) is 4. The molecule has 0 saturated carbocycles. The molecule has 17 heavy (non-hydrogen) atoms. The van der Waals surface area contributed by atoms with E-state index in [1.807, 2.05) is 25.5 Å². The highest BCUT2D eigenvalue weighted by Crippen LogP contribution is 2.26. The summed E-state index contributed by atoms with van der Waals surface area (Å²) in [7, 11) is 1.98. The summed E-state index contributed by atoms with van der Waals surface area (Å²) in [6, 6.07) is 0. The first-order valence-electron chi connectivity index (χ1n) is 5.40. The number of fused-ring (bicyclic) bond motifs is 1. The summed E-state index contributed by atoms with van der Waals surface area (Å²) in [5.41, 5.74) is 8.63. The number of hydrogen-bond donors (Lipinski definition) is 1. The third-order valence-electron chi connectivity index (χ3n) is 2.68. The zero-order chi connectivity index (χ0) is 12.6. The van der Waals surface area contributed by atoms with Crippen LogP contribution in [0.1, 0.15) is 18.4 Å². The van der Waals surface area contributed by atoms with Gasteiger partial charge in [0.25, 0.3) is 0 Å². The van der Waals surface area contributed by atoms with Crippen molar-refractivity contribution in [2.45, 2.75) is 20.5 Å². The van der Waals surface area contributed by atoms with Crippen LogP contribution >= 0.6 is 22.6 Å². The molecule has 0 aliphatic heterocycles. The van der Waals surface area contributed by atoms with Crippen LogP contribution in [0.5, 0.6) is 0 Å². The predicted octanol–water partition coefficient (Wildman–Crippen LogP) is 2.00. The van der Waals surface area contributed by atoms with Crippen molar-refractivity contribution >= 4 is 39.4 Å². The largest absolute Gasteiger partial charge is 0.382 e. The lowest BCUT2D eigenvalue weighted by Gasteiger charge is -2.05. The summed E-state index contributed by atoms with van der Waals surface area (Å²) < 4.78 is 8.51. The summed E-state index contributed by atoms with van der Waals surface area (Å²) in [6.07, 6.45) is 0. The lowest BCUT2D eigenvalue weighted by atomic mass is 10.3. The molecule has 0 aliphatic carbocycles. The van der Waals surface area contributed by atoms with Crippen molar-refractivity contribution in [1.82, 2.24) is 14.5 Å². The molecule has 0 unspecified atom stereocenters. The van der Waals surface area contributed by atoms with Gasteiger partial charge in [-0.15, -0.1) is 0 Å². The number of pyridine rings is 1. The van der Waals surface area contributed by atoms with E-state index in [1.54, 1.807) is 0 Å². The van der Waals surface area contributed by atoms with Gasteiger partial charge in [0.1, 0.15) is 17.9 Å². The third-order valence-corrected chi connectivity index (χ3v) is 3.97. The molecule has 2 aromatic rings. The first-order chi connectivity index (χ1) is 8.06. The van der Waals surface area contributed by atoms with Gasteiger partial charge in [-0.25, -0.2) is 9.97 Å².